The van der Waals surface area contributed by atoms with Crippen molar-refractivity contribution < 1.29 is 9.90 Å². The molecule has 1 heterocycles. The SMILES string of the molecule is O=C(O)[C@H]1CCCN1CC1CC=CCC1. The lowest BCUT2D eigenvalue weighted by molar-refractivity contribution is -0.142. The molecule has 0 amide bonds. The molecule has 1 N–H and O–H groups in total. The molecular formula is C12H19NO2. The van der Waals surface area contributed by atoms with Crippen molar-refractivity contribution in [1.82, 2.24) is 4.90 Å². The topological polar surface area (TPSA) is 40.5 Å². The van der Waals surface area contributed by atoms with Gasteiger partial charge in [-0.05, 0) is 44.6 Å². The predicted molar refractivity (Wildman–Crippen MR) is 58.7 cm³/mol. The van der Waals surface area contributed by atoms with Gasteiger partial charge in [-0.25, -0.2) is 0 Å². The second-order valence-corrected chi connectivity index (χ2v) is 4.64. The van der Waals surface area contributed by atoms with Crippen LogP contribution in [-0.2, 0) is 4.79 Å². The predicted octanol–water partition coefficient (Wildman–Crippen LogP) is 1.89. The van der Waals surface area contributed by atoms with Gasteiger partial charge in [0.05, 0.1) is 0 Å². The molecule has 3 nitrogen and oxygen atoms in total. The van der Waals surface area contributed by atoms with Gasteiger partial charge in [0, 0.05) is 6.54 Å². The third kappa shape index (κ3) is 2.59. The highest BCUT2D eigenvalue weighted by atomic mass is 16.4. The maximum atomic E-state index is 11.0. The molecule has 0 saturated carbocycles. The first-order chi connectivity index (χ1) is 7.27. The van der Waals surface area contributed by atoms with Crippen molar-refractivity contribution in [2.24, 2.45) is 5.92 Å². The van der Waals surface area contributed by atoms with Gasteiger partial charge in [0.15, 0.2) is 0 Å². The van der Waals surface area contributed by atoms with Gasteiger partial charge in [0.2, 0.25) is 0 Å². The minimum Gasteiger partial charge on any atom is -0.480 e. The van der Waals surface area contributed by atoms with Gasteiger partial charge < -0.3 is 5.11 Å². The van der Waals surface area contributed by atoms with Crippen molar-refractivity contribution >= 4 is 5.97 Å². The van der Waals surface area contributed by atoms with Gasteiger partial charge in [-0.1, -0.05) is 12.2 Å². The molecule has 84 valence electrons. The maximum absolute atomic E-state index is 11.0. The van der Waals surface area contributed by atoms with Gasteiger partial charge in [-0.3, -0.25) is 9.69 Å². The van der Waals surface area contributed by atoms with E-state index in [2.05, 4.69) is 17.1 Å². The Morgan fingerprint density at radius 3 is 2.93 bits per heavy atom. The molecule has 3 heteroatoms. The summed E-state index contributed by atoms with van der Waals surface area (Å²) in [7, 11) is 0. The normalized spacial score (nSPS) is 32.0. The lowest BCUT2D eigenvalue weighted by Gasteiger charge is -2.27. The molecule has 0 bridgehead atoms. The molecule has 2 aliphatic rings. The number of hydrogen-bond donors (Lipinski definition) is 1. The summed E-state index contributed by atoms with van der Waals surface area (Å²) < 4.78 is 0. The van der Waals surface area contributed by atoms with Crippen molar-refractivity contribution in [2.75, 3.05) is 13.1 Å². The molecule has 0 aromatic heterocycles. The monoisotopic (exact) mass is 209 g/mol. The Hall–Kier alpha value is -0.830. The molecule has 1 unspecified atom stereocenters. The van der Waals surface area contributed by atoms with Crippen LogP contribution < -0.4 is 0 Å². The van der Waals surface area contributed by atoms with Crippen LogP contribution in [0.3, 0.4) is 0 Å². The number of aliphatic carboxylic acids is 1. The number of nitrogens with zero attached hydrogens (tertiary/aromatic N) is 1. The van der Waals surface area contributed by atoms with Crippen molar-refractivity contribution in [3.63, 3.8) is 0 Å². The Balaban J connectivity index is 1.87. The Morgan fingerprint density at radius 1 is 1.40 bits per heavy atom. The average molecular weight is 209 g/mol. The van der Waals surface area contributed by atoms with Crippen LogP contribution in [0.4, 0.5) is 0 Å². The Bertz CT molecular complexity index is 262. The second kappa shape index (κ2) is 4.79. The molecule has 0 aromatic carbocycles. The van der Waals surface area contributed by atoms with Crippen LogP contribution in [0.1, 0.15) is 32.1 Å². The number of rotatable bonds is 3. The zero-order chi connectivity index (χ0) is 10.7. The lowest BCUT2D eigenvalue weighted by Crippen LogP contribution is -2.39. The lowest BCUT2D eigenvalue weighted by atomic mass is 9.94. The van der Waals surface area contributed by atoms with Crippen molar-refractivity contribution in [3.8, 4) is 0 Å². The van der Waals surface area contributed by atoms with Gasteiger partial charge in [0.1, 0.15) is 6.04 Å². The van der Waals surface area contributed by atoms with Crippen LogP contribution in [0.2, 0.25) is 0 Å². The highest BCUT2D eigenvalue weighted by Gasteiger charge is 2.31. The van der Waals surface area contributed by atoms with Crippen molar-refractivity contribution in [3.05, 3.63) is 12.2 Å². The van der Waals surface area contributed by atoms with Crippen LogP contribution >= 0.6 is 0 Å². The summed E-state index contributed by atoms with van der Waals surface area (Å²) in [5.74, 6) is 0.0359. The Kier molecular flexibility index (Phi) is 3.41. The van der Waals surface area contributed by atoms with E-state index < -0.39 is 5.97 Å². The van der Waals surface area contributed by atoms with Crippen LogP contribution in [0.15, 0.2) is 12.2 Å². The molecule has 1 aliphatic heterocycles. The summed E-state index contributed by atoms with van der Waals surface area (Å²) in [6, 6.07) is -0.212. The molecule has 1 fully saturated rings. The largest absolute Gasteiger partial charge is 0.480 e. The highest BCUT2D eigenvalue weighted by molar-refractivity contribution is 5.73. The average Bonchev–Trinajstić information content (AvgIpc) is 2.67. The zero-order valence-electron chi connectivity index (χ0n) is 9.06. The van der Waals surface area contributed by atoms with E-state index in [1.165, 1.54) is 6.42 Å². The van der Waals surface area contributed by atoms with Crippen LogP contribution in [-0.4, -0.2) is 35.1 Å². The number of carboxylic acids is 1. The van der Waals surface area contributed by atoms with E-state index in [1.807, 2.05) is 0 Å². The number of allylic oxidation sites excluding steroid dienone is 2. The standard InChI is InChI=1S/C12H19NO2/c14-12(15)11-7-4-8-13(11)9-10-5-2-1-3-6-10/h1-2,10-11H,3-9H2,(H,14,15)/t10?,11-/m1/s1. The van der Waals surface area contributed by atoms with Crippen LogP contribution in [0.25, 0.3) is 0 Å². The molecule has 15 heavy (non-hydrogen) atoms. The first-order valence-electron chi connectivity index (χ1n) is 5.89. The fourth-order valence-corrected chi connectivity index (χ4v) is 2.68. The van der Waals surface area contributed by atoms with Gasteiger partial charge in [0.25, 0.3) is 0 Å². The summed E-state index contributed by atoms with van der Waals surface area (Å²) in [6.45, 7) is 1.94. The molecule has 0 aromatic rings. The van der Waals surface area contributed by atoms with E-state index >= 15 is 0 Å². The first-order valence-corrected chi connectivity index (χ1v) is 5.89. The maximum Gasteiger partial charge on any atom is 0.320 e. The number of carboxylic acid groups (broad SMARTS) is 1. The van der Waals surface area contributed by atoms with Crippen LogP contribution in [0, 0.1) is 5.92 Å². The van der Waals surface area contributed by atoms with E-state index in [1.54, 1.807) is 0 Å². The van der Waals surface area contributed by atoms with Gasteiger partial charge >= 0.3 is 5.97 Å². The minimum absolute atomic E-state index is 0.212. The van der Waals surface area contributed by atoms with Crippen molar-refractivity contribution in [1.29, 1.82) is 0 Å². The van der Waals surface area contributed by atoms with E-state index in [0.717, 1.165) is 38.8 Å². The smallest absolute Gasteiger partial charge is 0.320 e. The fourth-order valence-electron chi connectivity index (χ4n) is 2.68. The summed E-state index contributed by atoms with van der Waals surface area (Å²) in [5.41, 5.74) is 0. The first kappa shape index (κ1) is 10.7. The molecule has 0 radical (unpaired) electrons. The highest BCUT2D eigenvalue weighted by Crippen LogP contribution is 2.24. The number of likely N-dealkylation sites (tertiary alicyclic amines) is 1. The van der Waals surface area contributed by atoms with Gasteiger partial charge in [-0.2, -0.15) is 0 Å². The van der Waals surface area contributed by atoms with E-state index in [4.69, 9.17) is 5.11 Å². The fraction of sp³-hybridized carbons (Fsp3) is 0.750. The third-order valence-corrected chi connectivity index (χ3v) is 3.52. The zero-order valence-corrected chi connectivity index (χ0v) is 9.06. The summed E-state index contributed by atoms with van der Waals surface area (Å²) >= 11 is 0. The summed E-state index contributed by atoms with van der Waals surface area (Å²) in [5, 5.41) is 9.06. The minimum atomic E-state index is -0.640. The molecule has 2 rings (SSSR count). The summed E-state index contributed by atoms with van der Waals surface area (Å²) in [4.78, 5) is 13.2. The quantitative estimate of drug-likeness (QED) is 0.722. The van der Waals surface area contributed by atoms with Crippen LogP contribution in [0.5, 0.6) is 0 Å². The van der Waals surface area contributed by atoms with E-state index in [0.29, 0.717) is 5.92 Å². The Labute approximate surface area is 90.8 Å². The summed E-state index contributed by atoms with van der Waals surface area (Å²) in [6.07, 6.45) is 9.85. The van der Waals surface area contributed by atoms with E-state index in [-0.39, 0.29) is 6.04 Å². The van der Waals surface area contributed by atoms with Gasteiger partial charge in [-0.15, -0.1) is 0 Å². The third-order valence-electron chi connectivity index (χ3n) is 3.52. The second-order valence-electron chi connectivity index (χ2n) is 4.64. The van der Waals surface area contributed by atoms with E-state index in [9.17, 15) is 4.79 Å². The molecule has 0 spiro atoms. The number of hydrogen-bond acceptors (Lipinski definition) is 2. The molecule has 2 atom stereocenters. The molecule has 1 aliphatic carbocycles. The molecule has 1 saturated heterocycles. The van der Waals surface area contributed by atoms with Crippen molar-refractivity contribution in [2.45, 2.75) is 38.1 Å². The molecular weight excluding hydrogens is 190 g/mol. The number of carbonyl (C=O) groups is 1. The Morgan fingerprint density at radius 2 is 2.27 bits per heavy atom.